The maximum Gasteiger partial charge on any atom is 0.222 e. The maximum atomic E-state index is 12.5. The Kier molecular flexibility index (Phi) is 44.6. The number of carbonyl (C=O) groups excluding carboxylic acids is 1. The Morgan fingerprint density at radius 2 is 0.782 bits per heavy atom. The van der Waals surface area contributed by atoms with Crippen LogP contribution in [0.1, 0.15) is 264 Å². The first kappa shape index (κ1) is 53.8. The molecular weight excluding hydrogens is 679 g/mol. The van der Waals surface area contributed by atoms with Crippen LogP contribution in [0.4, 0.5) is 0 Å². The molecule has 3 atom stereocenters. The van der Waals surface area contributed by atoms with Crippen molar-refractivity contribution in [2.24, 2.45) is 0 Å². The number of carbonyl (C=O) groups is 1. The summed E-state index contributed by atoms with van der Waals surface area (Å²) in [5, 5.41) is 33.3. The number of aliphatic hydroxyl groups is 3. The molecule has 4 N–H and O–H groups in total. The standard InChI is InChI=1S/C50H97NO4/c1-3-5-7-9-11-13-15-17-19-21-23-24-26-27-29-31-33-35-37-39-41-43-47(53)45-50(55)51-48(46-52)49(54)44-42-40-38-36-34-32-30-28-25-22-20-18-16-14-12-10-8-6-4-2/h34,36,42,44,47-49,52-54H,3-33,35,37-41,43,45-46H2,1-2H3,(H,51,55)/b36-34+,44-42+. The number of hydrogen-bond acceptors (Lipinski definition) is 4. The second kappa shape index (κ2) is 45.5. The van der Waals surface area contributed by atoms with Gasteiger partial charge in [0.25, 0.3) is 0 Å². The first-order chi connectivity index (χ1) is 27.0. The van der Waals surface area contributed by atoms with E-state index in [1.54, 1.807) is 6.08 Å². The Morgan fingerprint density at radius 3 is 1.16 bits per heavy atom. The predicted octanol–water partition coefficient (Wildman–Crippen LogP) is 14.6. The van der Waals surface area contributed by atoms with Crippen molar-refractivity contribution >= 4 is 5.91 Å². The first-order valence-corrected chi connectivity index (χ1v) is 24.6. The van der Waals surface area contributed by atoms with Gasteiger partial charge in [-0.15, -0.1) is 0 Å². The van der Waals surface area contributed by atoms with E-state index in [9.17, 15) is 20.1 Å². The highest BCUT2D eigenvalue weighted by atomic mass is 16.3. The second-order valence-corrected chi connectivity index (χ2v) is 17.1. The zero-order chi connectivity index (χ0) is 40.1. The summed E-state index contributed by atoms with van der Waals surface area (Å²) in [6.07, 6.45) is 56.2. The molecule has 0 radical (unpaired) electrons. The number of hydrogen-bond donors (Lipinski definition) is 4. The van der Waals surface area contributed by atoms with E-state index in [4.69, 9.17) is 0 Å². The molecule has 0 aliphatic heterocycles. The molecule has 0 aromatic rings. The molecular formula is C50H97NO4. The first-order valence-electron chi connectivity index (χ1n) is 24.6. The Bertz CT molecular complexity index is 814. The highest BCUT2D eigenvalue weighted by Gasteiger charge is 2.20. The molecule has 0 heterocycles. The molecule has 326 valence electrons. The minimum Gasteiger partial charge on any atom is -0.394 e. The zero-order valence-corrected chi connectivity index (χ0v) is 37.1. The summed E-state index contributed by atoms with van der Waals surface area (Å²) in [5.74, 6) is -0.321. The van der Waals surface area contributed by atoms with Crippen LogP contribution < -0.4 is 5.32 Å². The average Bonchev–Trinajstić information content (AvgIpc) is 3.18. The van der Waals surface area contributed by atoms with Gasteiger partial charge in [-0.2, -0.15) is 0 Å². The van der Waals surface area contributed by atoms with Crippen molar-refractivity contribution in [1.29, 1.82) is 0 Å². The second-order valence-electron chi connectivity index (χ2n) is 17.1. The van der Waals surface area contributed by atoms with E-state index >= 15 is 0 Å². The Morgan fingerprint density at radius 1 is 0.455 bits per heavy atom. The third-order valence-electron chi connectivity index (χ3n) is 11.5. The van der Waals surface area contributed by atoms with E-state index in [-0.39, 0.29) is 18.9 Å². The lowest BCUT2D eigenvalue weighted by Crippen LogP contribution is -2.45. The van der Waals surface area contributed by atoms with Crippen LogP contribution in [0.15, 0.2) is 24.3 Å². The molecule has 3 unspecified atom stereocenters. The molecule has 0 aliphatic carbocycles. The van der Waals surface area contributed by atoms with Gasteiger partial charge in [0.1, 0.15) is 0 Å². The molecule has 0 aliphatic rings. The van der Waals surface area contributed by atoms with E-state index in [0.29, 0.717) is 6.42 Å². The number of amides is 1. The zero-order valence-electron chi connectivity index (χ0n) is 37.1. The van der Waals surface area contributed by atoms with Crippen LogP contribution in [0, 0.1) is 0 Å². The maximum absolute atomic E-state index is 12.5. The highest BCUT2D eigenvalue weighted by Crippen LogP contribution is 2.17. The van der Waals surface area contributed by atoms with Gasteiger partial charge in [-0.1, -0.05) is 250 Å². The SMILES string of the molecule is CCCCCCCCCCCCCCC/C=C/CC/C=C/C(O)C(CO)NC(=O)CC(O)CCCCCCCCCCCCCCCCCCCCCCC. The van der Waals surface area contributed by atoms with Crippen molar-refractivity contribution in [2.45, 2.75) is 283 Å². The number of aliphatic hydroxyl groups excluding tert-OH is 3. The van der Waals surface area contributed by atoms with Crippen LogP contribution in [-0.4, -0.2) is 46.1 Å². The van der Waals surface area contributed by atoms with Gasteiger partial charge >= 0.3 is 0 Å². The lowest BCUT2D eigenvalue weighted by atomic mass is 10.0. The predicted molar refractivity (Wildman–Crippen MR) is 241 cm³/mol. The summed E-state index contributed by atoms with van der Waals surface area (Å²) >= 11 is 0. The lowest BCUT2D eigenvalue weighted by Gasteiger charge is -2.21. The van der Waals surface area contributed by atoms with Crippen molar-refractivity contribution in [3.05, 3.63) is 24.3 Å². The normalized spacial score (nSPS) is 13.6. The van der Waals surface area contributed by atoms with E-state index in [0.717, 1.165) is 32.1 Å². The largest absolute Gasteiger partial charge is 0.394 e. The van der Waals surface area contributed by atoms with Gasteiger partial charge < -0.3 is 20.6 Å². The van der Waals surface area contributed by atoms with Crippen LogP contribution in [-0.2, 0) is 4.79 Å². The number of nitrogens with one attached hydrogen (secondary N) is 1. The Balaban J connectivity index is 3.63. The van der Waals surface area contributed by atoms with E-state index in [1.165, 1.54) is 205 Å². The molecule has 5 nitrogen and oxygen atoms in total. The number of rotatable bonds is 45. The minimum absolute atomic E-state index is 0.0101. The van der Waals surface area contributed by atoms with Crippen LogP contribution in [0.2, 0.25) is 0 Å². The summed E-state index contributed by atoms with van der Waals surface area (Å²) in [7, 11) is 0. The summed E-state index contributed by atoms with van der Waals surface area (Å²) in [6.45, 7) is 4.23. The van der Waals surface area contributed by atoms with Crippen LogP contribution >= 0.6 is 0 Å². The van der Waals surface area contributed by atoms with Gasteiger partial charge in [0, 0.05) is 0 Å². The van der Waals surface area contributed by atoms with Gasteiger partial charge in [0.05, 0.1) is 31.3 Å². The topological polar surface area (TPSA) is 89.8 Å². The summed E-state index contributed by atoms with van der Waals surface area (Å²) in [6, 6.07) is -0.758. The molecule has 55 heavy (non-hydrogen) atoms. The fourth-order valence-electron chi connectivity index (χ4n) is 7.71. The lowest BCUT2D eigenvalue weighted by molar-refractivity contribution is -0.124. The third-order valence-corrected chi connectivity index (χ3v) is 11.5. The molecule has 5 heteroatoms. The van der Waals surface area contributed by atoms with Crippen LogP contribution in [0.3, 0.4) is 0 Å². The number of unbranched alkanes of at least 4 members (excludes halogenated alkanes) is 34. The molecule has 1 amide bonds. The Hall–Kier alpha value is -1.17. The molecule has 0 aromatic carbocycles. The summed E-state index contributed by atoms with van der Waals surface area (Å²) < 4.78 is 0. The van der Waals surface area contributed by atoms with Crippen LogP contribution in [0.25, 0.3) is 0 Å². The molecule has 0 saturated carbocycles. The van der Waals surface area contributed by atoms with Gasteiger partial charge in [0.15, 0.2) is 0 Å². The van der Waals surface area contributed by atoms with Gasteiger partial charge in [-0.05, 0) is 32.1 Å². The summed E-state index contributed by atoms with van der Waals surface area (Å²) in [4.78, 5) is 12.5. The van der Waals surface area contributed by atoms with E-state index in [1.807, 2.05) is 6.08 Å². The molecule has 0 aromatic heterocycles. The number of allylic oxidation sites excluding steroid dienone is 3. The third kappa shape index (κ3) is 42.3. The fraction of sp³-hybridized carbons (Fsp3) is 0.900. The summed E-state index contributed by atoms with van der Waals surface area (Å²) in [5.41, 5.74) is 0. The van der Waals surface area contributed by atoms with Crippen LogP contribution in [0.5, 0.6) is 0 Å². The molecule has 0 saturated heterocycles. The quantitative estimate of drug-likeness (QED) is 0.0366. The monoisotopic (exact) mass is 776 g/mol. The van der Waals surface area contributed by atoms with E-state index < -0.39 is 18.2 Å². The molecule has 0 rings (SSSR count). The average molecular weight is 776 g/mol. The van der Waals surface area contributed by atoms with E-state index in [2.05, 4.69) is 31.3 Å². The van der Waals surface area contributed by atoms with Gasteiger partial charge in [-0.25, -0.2) is 0 Å². The van der Waals surface area contributed by atoms with Gasteiger partial charge in [0.2, 0.25) is 5.91 Å². The van der Waals surface area contributed by atoms with Gasteiger partial charge in [-0.3, -0.25) is 4.79 Å². The van der Waals surface area contributed by atoms with Crippen molar-refractivity contribution in [2.75, 3.05) is 6.61 Å². The van der Waals surface area contributed by atoms with Crippen molar-refractivity contribution in [1.82, 2.24) is 5.32 Å². The molecule has 0 spiro atoms. The Labute approximate surface area is 343 Å². The van der Waals surface area contributed by atoms with Crippen molar-refractivity contribution in [3.8, 4) is 0 Å². The highest BCUT2D eigenvalue weighted by molar-refractivity contribution is 5.76. The molecule has 0 fully saturated rings. The smallest absolute Gasteiger partial charge is 0.222 e. The fourth-order valence-corrected chi connectivity index (χ4v) is 7.71. The van der Waals surface area contributed by atoms with Crippen molar-refractivity contribution < 1.29 is 20.1 Å². The van der Waals surface area contributed by atoms with Crippen molar-refractivity contribution in [3.63, 3.8) is 0 Å². The minimum atomic E-state index is -0.949. The molecule has 0 bridgehead atoms.